The van der Waals surface area contributed by atoms with Crippen LogP contribution in [-0.4, -0.2) is 47.7 Å². The van der Waals surface area contributed by atoms with E-state index in [-0.39, 0.29) is 6.61 Å². The first-order valence-corrected chi connectivity index (χ1v) is 6.20. The highest BCUT2D eigenvalue weighted by Gasteiger charge is 2.22. The molecule has 2 heterocycles. The third-order valence-electron chi connectivity index (χ3n) is 3.22. The monoisotopic (exact) mass is 255 g/mol. The van der Waals surface area contributed by atoms with Gasteiger partial charge in [-0.1, -0.05) is 11.6 Å². The summed E-state index contributed by atoms with van der Waals surface area (Å²) in [4.78, 5) is 8.92. The quantitative estimate of drug-likeness (QED) is 0.867. The first kappa shape index (κ1) is 12.6. The smallest absolute Gasteiger partial charge is 0.129 e. The van der Waals surface area contributed by atoms with E-state index in [0.29, 0.717) is 11.1 Å². The summed E-state index contributed by atoms with van der Waals surface area (Å²) in [7, 11) is 2.13. The van der Waals surface area contributed by atoms with Crippen LogP contribution in [0.2, 0.25) is 5.02 Å². The van der Waals surface area contributed by atoms with E-state index in [1.807, 2.05) is 6.07 Å². The molecule has 17 heavy (non-hydrogen) atoms. The SMILES string of the molecule is CC1CN(C)CCN1c1cc(CO)c(Cl)cn1. The van der Waals surface area contributed by atoms with Crippen molar-refractivity contribution in [1.29, 1.82) is 0 Å². The van der Waals surface area contributed by atoms with Gasteiger partial charge in [0.25, 0.3) is 0 Å². The van der Waals surface area contributed by atoms with Gasteiger partial charge in [-0.2, -0.15) is 0 Å². The second-order valence-corrected chi connectivity index (χ2v) is 5.00. The van der Waals surface area contributed by atoms with E-state index >= 15 is 0 Å². The van der Waals surface area contributed by atoms with Crippen molar-refractivity contribution in [3.8, 4) is 0 Å². The highest BCUT2D eigenvalue weighted by molar-refractivity contribution is 6.31. The van der Waals surface area contributed by atoms with Gasteiger partial charge in [-0.3, -0.25) is 0 Å². The Kier molecular flexibility index (Phi) is 3.86. The van der Waals surface area contributed by atoms with E-state index in [0.717, 1.165) is 31.0 Å². The number of hydrogen-bond acceptors (Lipinski definition) is 4. The molecule has 0 radical (unpaired) electrons. The summed E-state index contributed by atoms with van der Waals surface area (Å²) in [6.45, 7) is 5.15. The largest absolute Gasteiger partial charge is 0.392 e. The van der Waals surface area contributed by atoms with Crippen molar-refractivity contribution in [2.75, 3.05) is 31.6 Å². The molecule has 1 fully saturated rings. The van der Waals surface area contributed by atoms with Crippen molar-refractivity contribution in [2.24, 2.45) is 0 Å². The molecule has 2 rings (SSSR count). The van der Waals surface area contributed by atoms with Crippen molar-refractivity contribution < 1.29 is 5.11 Å². The Morgan fingerprint density at radius 1 is 1.53 bits per heavy atom. The number of pyridine rings is 1. The summed E-state index contributed by atoms with van der Waals surface area (Å²) >= 11 is 5.95. The molecule has 1 atom stereocenters. The molecule has 0 aromatic carbocycles. The van der Waals surface area contributed by atoms with E-state index in [2.05, 4.69) is 28.8 Å². The van der Waals surface area contributed by atoms with Crippen LogP contribution in [0.4, 0.5) is 5.82 Å². The maximum atomic E-state index is 9.21. The molecule has 1 aromatic heterocycles. The standard InChI is InChI=1S/C12H18ClN3O/c1-9-7-15(2)3-4-16(9)12-5-10(8-17)11(13)6-14-12/h5-6,9,17H,3-4,7-8H2,1-2H3. The summed E-state index contributed by atoms with van der Waals surface area (Å²) in [6.07, 6.45) is 1.62. The zero-order valence-corrected chi connectivity index (χ0v) is 11.0. The Balaban J connectivity index is 2.22. The highest BCUT2D eigenvalue weighted by Crippen LogP contribution is 2.23. The molecule has 1 N–H and O–H groups in total. The molecule has 1 unspecified atom stereocenters. The number of piperazine rings is 1. The van der Waals surface area contributed by atoms with Crippen molar-refractivity contribution in [1.82, 2.24) is 9.88 Å². The van der Waals surface area contributed by atoms with Gasteiger partial charge >= 0.3 is 0 Å². The first-order valence-electron chi connectivity index (χ1n) is 5.82. The number of hydrogen-bond donors (Lipinski definition) is 1. The minimum absolute atomic E-state index is 0.0452. The van der Waals surface area contributed by atoms with Crippen LogP contribution in [0.15, 0.2) is 12.3 Å². The van der Waals surface area contributed by atoms with Gasteiger partial charge in [0.2, 0.25) is 0 Å². The molecular formula is C12H18ClN3O. The molecule has 1 aliphatic rings. The maximum absolute atomic E-state index is 9.21. The minimum atomic E-state index is -0.0452. The third kappa shape index (κ3) is 2.70. The molecule has 0 bridgehead atoms. The van der Waals surface area contributed by atoms with Gasteiger partial charge < -0.3 is 14.9 Å². The van der Waals surface area contributed by atoms with E-state index in [4.69, 9.17) is 11.6 Å². The number of aliphatic hydroxyl groups excluding tert-OH is 1. The van der Waals surface area contributed by atoms with E-state index in [1.54, 1.807) is 6.20 Å². The van der Waals surface area contributed by atoms with Crippen molar-refractivity contribution >= 4 is 17.4 Å². The summed E-state index contributed by atoms with van der Waals surface area (Å²) in [6, 6.07) is 2.30. The van der Waals surface area contributed by atoms with Crippen LogP contribution in [0.25, 0.3) is 0 Å². The number of aromatic nitrogens is 1. The third-order valence-corrected chi connectivity index (χ3v) is 3.56. The molecule has 1 aromatic rings. The molecule has 0 spiro atoms. The number of aliphatic hydroxyl groups is 1. The Hall–Kier alpha value is -0.840. The van der Waals surface area contributed by atoms with E-state index in [1.165, 1.54) is 0 Å². The predicted molar refractivity (Wildman–Crippen MR) is 69.5 cm³/mol. The van der Waals surface area contributed by atoms with Crippen LogP contribution in [0.5, 0.6) is 0 Å². The molecular weight excluding hydrogens is 238 g/mol. The average molecular weight is 256 g/mol. The fourth-order valence-corrected chi connectivity index (χ4v) is 2.39. The Bertz CT molecular complexity index is 399. The number of nitrogens with zero attached hydrogens (tertiary/aromatic N) is 3. The number of halogens is 1. The van der Waals surface area contributed by atoms with Crippen LogP contribution in [0.1, 0.15) is 12.5 Å². The van der Waals surface area contributed by atoms with Crippen LogP contribution in [-0.2, 0) is 6.61 Å². The fraction of sp³-hybridized carbons (Fsp3) is 0.583. The maximum Gasteiger partial charge on any atom is 0.129 e. The van der Waals surface area contributed by atoms with E-state index in [9.17, 15) is 5.11 Å². The molecule has 1 saturated heterocycles. The lowest BCUT2D eigenvalue weighted by Gasteiger charge is -2.39. The van der Waals surface area contributed by atoms with Crippen LogP contribution in [0.3, 0.4) is 0 Å². The van der Waals surface area contributed by atoms with Gasteiger partial charge in [0, 0.05) is 37.4 Å². The number of anilines is 1. The predicted octanol–water partition coefficient (Wildman–Crippen LogP) is 1.37. The number of rotatable bonds is 2. The molecule has 5 heteroatoms. The molecule has 1 aliphatic heterocycles. The summed E-state index contributed by atoms with van der Waals surface area (Å²) < 4.78 is 0. The lowest BCUT2D eigenvalue weighted by molar-refractivity contribution is 0.273. The second-order valence-electron chi connectivity index (χ2n) is 4.60. The lowest BCUT2D eigenvalue weighted by atomic mass is 10.2. The van der Waals surface area contributed by atoms with Crippen molar-refractivity contribution in [3.63, 3.8) is 0 Å². The Morgan fingerprint density at radius 2 is 2.29 bits per heavy atom. The van der Waals surface area contributed by atoms with Gasteiger partial charge in [0.15, 0.2) is 0 Å². The Labute approximate surface area is 107 Å². The molecule has 94 valence electrons. The molecule has 0 saturated carbocycles. The molecule has 0 aliphatic carbocycles. The van der Waals surface area contributed by atoms with Crippen LogP contribution < -0.4 is 4.90 Å². The molecule has 4 nitrogen and oxygen atoms in total. The lowest BCUT2D eigenvalue weighted by Crippen LogP contribution is -2.50. The topological polar surface area (TPSA) is 39.6 Å². The first-order chi connectivity index (χ1) is 8.11. The fourth-order valence-electron chi connectivity index (χ4n) is 2.23. The summed E-state index contributed by atoms with van der Waals surface area (Å²) in [5.74, 6) is 0.902. The average Bonchev–Trinajstić information content (AvgIpc) is 2.30. The van der Waals surface area contributed by atoms with Crippen molar-refractivity contribution in [3.05, 3.63) is 22.8 Å². The molecule has 0 amide bonds. The van der Waals surface area contributed by atoms with Gasteiger partial charge in [-0.15, -0.1) is 0 Å². The minimum Gasteiger partial charge on any atom is -0.392 e. The summed E-state index contributed by atoms with van der Waals surface area (Å²) in [5, 5.41) is 9.74. The second kappa shape index (κ2) is 5.21. The van der Waals surface area contributed by atoms with Gasteiger partial charge in [-0.25, -0.2) is 4.98 Å². The number of likely N-dealkylation sites (N-methyl/N-ethyl adjacent to an activating group) is 1. The van der Waals surface area contributed by atoms with Gasteiger partial charge in [0.05, 0.1) is 11.6 Å². The van der Waals surface area contributed by atoms with Gasteiger partial charge in [-0.05, 0) is 20.0 Å². The highest BCUT2D eigenvalue weighted by atomic mass is 35.5. The summed E-state index contributed by atoms with van der Waals surface area (Å²) in [5.41, 5.74) is 0.739. The normalized spacial score (nSPS) is 21.9. The zero-order valence-electron chi connectivity index (χ0n) is 10.2. The Morgan fingerprint density at radius 3 is 2.94 bits per heavy atom. The van der Waals surface area contributed by atoms with Crippen LogP contribution in [0, 0.1) is 0 Å². The van der Waals surface area contributed by atoms with Crippen LogP contribution >= 0.6 is 11.6 Å². The van der Waals surface area contributed by atoms with Gasteiger partial charge in [0.1, 0.15) is 5.82 Å². The van der Waals surface area contributed by atoms with E-state index < -0.39 is 0 Å². The van der Waals surface area contributed by atoms with Crippen molar-refractivity contribution in [2.45, 2.75) is 19.6 Å². The zero-order chi connectivity index (χ0) is 12.4.